The van der Waals surface area contributed by atoms with Gasteiger partial charge in [-0.3, -0.25) is 4.90 Å². The summed E-state index contributed by atoms with van der Waals surface area (Å²) in [5, 5.41) is 5.80. The zero-order chi connectivity index (χ0) is 20.4. The van der Waals surface area contributed by atoms with Gasteiger partial charge in [-0.05, 0) is 43.2 Å². The lowest BCUT2D eigenvalue weighted by Gasteiger charge is -2.37. The first-order valence-electron chi connectivity index (χ1n) is 9.96. The van der Waals surface area contributed by atoms with Gasteiger partial charge in [0, 0.05) is 25.3 Å². The second-order valence-electron chi connectivity index (χ2n) is 8.42. The SMILES string of the molecule is COC(=O)C1=C(CN2C[C@H](C)C[C@H](C)C2)NC(=O)N[C@H]1c1cc(C)ccc1C. The van der Waals surface area contributed by atoms with Crippen molar-refractivity contribution in [1.82, 2.24) is 15.5 Å². The maximum Gasteiger partial charge on any atom is 0.338 e. The van der Waals surface area contributed by atoms with Crippen LogP contribution in [0.2, 0.25) is 0 Å². The Morgan fingerprint density at radius 2 is 1.89 bits per heavy atom. The fourth-order valence-electron chi connectivity index (χ4n) is 4.54. The summed E-state index contributed by atoms with van der Waals surface area (Å²) in [5.74, 6) is 0.780. The van der Waals surface area contributed by atoms with Crippen LogP contribution >= 0.6 is 0 Å². The van der Waals surface area contributed by atoms with Crippen molar-refractivity contribution in [1.29, 1.82) is 0 Å². The highest BCUT2D eigenvalue weighted by atomic mass is 16.5. The van der Waals surface area contributed by atoms with Crippen LogP contribution in [0, 0.1) is 25.7 Å². The minimum Gasteiger partial charge on any atom is -0.466 e. The molecule has 2 amide bonds. The second kappa shape index (κ2) is 8.35. The van der Waals surface area contributed by atoms with E-state index in [0.717, 1.165) is 29.8 Å². The number of aryl methyl sites for hydroxylation is 2. The minimum absolute atomic E-state index is 0.285. The first kappa shape index (κ1) is 20.4. The smallest absolute Gasteiger partial charge is 0.338 e. The largest absolute Gasteiger partial charge is 0.466 e. The number of esters is 1. The third-order valence-corrected chi connectivity index (χ3v) is 5.63. The Bertz CT molecular complexity index is 792. The van der Waals surface area contributed by atoms with E-state index in [0.29, 0.717) is 29.7 Å². The Labute approximate surface area is 167 Å². The van der Waals surface area contributed by atoms with Crippen molar-refractivity contribution >= 4 is 12.0 Å². The van der Waals surface area contributed by atoms with Crippen LogP contribution in [0.5, 0.6) is 0 Å². The average molecular weight is 386 g/mol. The zero-order valence-corrected chi connectivity index (χ0v) is 17.5. The molecule has 6 heteroatoms. The van der Waals surface area contributed by atoms with Gasteiger partial charge in [-0.1, -0.05) is 37.6 Å². The number of piperidine rings is 1. The number of urea groups is 1. The van der Waals surface area contributed by atoms with E-state index >= 15 is 0 Å². The van der Waals surface area contributed by atoms with Crippen LogP contribution in [-0.2, 0) is 9.53 Å². The Kier molecular flexibility index (Phi) is 6.08. The van der Waals surface area contributed by atoms with Crippen LogP contribution < -0.4 is 10.6 Å². The van der Waals surface area contributed by atoms with Gasteiger partial charge in [-0.25, -0.2) is 9.59 Å². The molecule has 1 saturated heterocycles. The molecule has 1 aromatic carbocycles. The number of hydrogen-bond acceptors (Lipinski definition) is 4. The third-order valence-electron chi connectivity index (χ3n) is 5.63. The lowest BCUT2D eigenvalue weighted by atomic mass is 9.89. The van der Waals surface area contributed by atoms with Crippen molar-refractivity contribution in [3.05, 3.63) is 46.2 Å². The molecule has 0 aliphatic carbocycles. The molecule has 28 heavy (non-hydrogen) atoms. The molecule has 0 spiro atoms. The summed E-state index contributed by atoms with van der Waals surface area (Å²) >= 11 is 0. The molecule has 0 saturated carbocycles. The lowest BCUT2D eigenvalue weighted by Crippen LogP contribution is -2.50. The fourth-order valence-corrected chi connectivity index (χ4v) is 4.54. The molecule has 0 unspecified atom stereocenters. The number of methoxy groups -OCH3 is 1. The van der Waals surface area contributed by atoms with E-state index in [4.69, 9.17) is 4.74 Å². The molecule has 1 aromatic rings. The van der Waals surface area contributed by atoms with Gasteiger partial charge in [-0.15, -0.1) is 0 Å². The average Bonchev–Trinajstić information content (AvgIpc) is 2.61. The van der Waals surface area contributed by atoms with Gasteiger partial charge in [0.2, 0.25) is 0 Å². The van der Waals surface area contributed by atoms with Crippen molar-refractivity contribution in [2.75, 3.05) is 26.7 Å². The summed E-state index contributed by atoms with van der Waals surface area (Å²) < 4.78 is 5.10. The van der Waals surface area contributed by atoms with Crippen LogP contribution in [-0.4, -0.2) is 43.6 Å². The van der Waals surface area contributed by atoms with Crippen LogP contribution in [0.25, 0.3) is 0 Å². The maximum absolute atomic E-state index is 12.7. The number of carbonyl (C=O) groups is 2. The van der Waals surface area contributed by atoms with Gasteiger partial charge in [0.1, 0.15) is 0 Å². The number of amides is 2. The van der Waals surface area contributed by atoms with E-state index in [-0.39, 0.29) is 6.03 Å². The summed E-state index contributed by atoms with van der Waals surface area (Å²) in [7, 11) is 1.38. The predicted molar refractivity (Wildman–Crippen MR) is 109 cm³/mol. The fraction of sp³-hybridized carbons (Fsp3) is 0.545. The van der Waals surface area contributed by atoms with Gasteiger partial charge in [0.05, 0.1) is 18.7 Å². The van der Waals surface area contributed by atoms with Gasteiger partial charge >= 0.3 is 12.0 Å². The van der Waals surface area contributed by atoms with Crippen LogP contribution in [0.1, 0.15) is 43.0 Å². The van der Waals surface area contributed by atoms with Crippen LogP contribution in [0.3, 0.4) is 0 Å². The Morgan fingerprint density at radius 3 is 2.54 bits per heavy atom. The van der Waals surface area contributed by atoms with Crippen LogP contribution in [0.15, 0.2) is 29.5 Å². The molecule has 2 heterocycles. The Morgan fingerprint density at radius 1 is 1.21 bits per heavy atom. The molecule has 2 aliphatic rings. The molecule has 3 rings (SSSR count). The molecule has 1 fully saturated rings. The molecule has 6 nitrogen and oxygen atoms in total. The highest BCUT2D eigenvalue weighted by Crippen LogP contribution is 2.31. The van der Waals surface area contributed by atoms with Crippen LogP contribution in [0.4, 0.5) is 4.79 Å². The lowest BCUT2D eigenvalue weighted by molar-refractivity contribution is -0.136. The molecule has 3 atom stereocenters. The number of benzene rings is 1. The van der Waals surface area contributed by atoms with Gasteiger partial charge in [0.15, 0.2) is 0 Å². The Hall–Kier alpha value is -2.34. The van der Waals surface area contributed by atoms with Gasteiger partial charge in [0.25, 0.3) is 0 Å². The summed E-state index contributed by atoms with van der Waals surface area (Å²) in [6.07, 6.45) is 1.21. The summed E-state index contributed by atoms with van der Waals surface area (Å²) in [6.45, 7) is 10.9. The number of hydrogen-bond donors (Lipinski definition) is 2. The van der Waals surface area contributed by atoms with Crippen molar-refractivity contribution in [3.8, 4) is 0 Å². The van der Waals surface area contributed by atoms with E-state index in [2.05, 4.69) is 29.4 Å². The number of ether oxygens (including phenoxy) is 1. The predicted octanol–water partition coefficient (Wildman–Crippen LogP) is 3.06. The first-order valence-corrected chi connectivity index (χ1v) is 9.96. The summed E-state index contributed by atoms with van der Waals surface area (Å²) in [5.41, 5.74) is 4.16. The molecule has 0 bridgehead atoms. The van der Waals surface area contributed by atoms with Crippen molar-refractivity contribution in [2.45, 2.75) is 40.2 Å². The van der Waals surface area contributed by atoms with Crippen molar-refractivity contribution < 1.29 is 14.3 Å². The monoisotopic (exact) mass is 385 g/mol. The van der Waals surface area contributed by atoms with E-state index in [1.807, 2.05) is 32.0 Å². The molecule has 2 aliphatic heterocycles. The highest BCUT2D eigenvalue weighted by Gasteiger charge is 2.35. The van der Waals surface area contributed by atoms with Gasteiger partial charge in [-0.2, -0.15) is 0 Å². The molecular weight excluding hydrogens is 354 g/mol. The molecular formula is C22H31N3O3. The number of nitrogens with zero attached hydrogens (tertiary/aromatic N) is 1. The summed E-state index contributed by atoms with van der Waals surface area (Å²) in [6, 6.07) is 5.27. The van der Waals surface area contributed by atoms with Crippen molar-refractivity contribution in [3.63, 3.8) is 0 Å². The summed E-state index contributed by atoms with van der Waals surface area (Å²) in [4.78, 5) is 27.5. The van der Waals surface area contributed by atoms with E-state index < -0.39 is 12.0 Å². The molecule has 152 valence electrons. The zero-order valence-electron chi connectivity index (χ0n) is 17.5. The normalized spacial score (nSPS) is 25.9. The number of likely N-dealkylation sites (tertiary alicyclic amines) is 1. The Balaban J connectivity index is 2.02. The van der Waals surface area contributed by atoms with E-state index in [1.54, 1.807) is 0 Å². The van der Waals surface area contributed by atoms with E-state index in [1.165, 1.54) is 13.5 Å². The maximum atomic E-state index is 12.7. The number of nitrogens with one attached hydrogen (secondary N) is 2. The molecule has 0 aromatic heterocycles. The number of carbonyl (C=O) groups excluding carboxylic acids is 2. The number of rotatable bonds is 4. The quantitative estimate of drug-likeness (QED) is 0.782. The van der Waals surface area contributed by atoms with Gasteiger partial charge < -0.3 is 15.4 Å². The van der Waals surface area contributed by atoms with E-state index in [9.17, 15) is 9.59 Å². The minimum atomic E-state index is -0.518. The highest BCUT2D eigenvalue weighted by molar-refractivity contribution is 5.95. The van der Waals surface area contributed by atoms with Crippen molar-refractivity contribution in [2.24, 2.45) is 11.8 Å². The molecule has 0 radical (unpaired) electrons. The topological polar surface area (TPSA) is 70.7 Å². The third kappa shape index (κ3) is 4.38. The molecule has 2 N–H and O–H groups in total. The second-order valence-corrected chi connectivity index (χ2v) is 8.42. The standard InChI is InChI=1S/C22H31N3O3/c1-13-6-7-16(4)17(9-13)20-19(21(26)28-5)18(23-22(27)24-20)12-25-10-14(2)8-15(3)11-25/h6-7,9,14-15,20H,8,10-12H2,1-5H3,(H2,23,24,27)/t14-,15+,20-/m0/s1. The first-order chi connectivity index (χ1) is 13.3.